The van der Waals surface area contributed by atoms with E-state index in [0.29, 0.717) is 0 Å². The van der Waals surface area contributed by atoms with Gasteiger partial charge >= 0.3 is 0 Å². The van der Waals surface area contributed by atoms with E-state index in [4.69, 9.17) is 0 Å². The van der Waals surface area contributed by atoms with Crippen LogP contribution in [0.4, 0.5) is 28.4 Å². The number of nitrogens with zero attached hydrogens (tertiary/aromatic N) is 5. The molecular formula is C28H21N5S. The summed E-state index contributed by atoms with van der Waals surface area (Å²) < 4.78 is 0. The maximum Gasteiger partial charge on any atom is 0.0936 e. The third kappa shape index (κ3) is 5.19. The highest BCUT2D eigenvalue weighted by atomic mass is 32.1. The van der Waals surface area contributed by atoms with E-state index in [0.717, 1.165) is 44.1 Å². The lowest BCUT2D eigenvalue weighted by Gasteiger charge is -2.04. The number of aryl methyl sites for hydroxylation is 1. The van der Waals surface area contributed by atoms with Gasteiger partial charge in [0.05, 0.1) is 28.4 Å². The largest absolute Gasteiger partial charge is 0.255 e. The fourth-order valence-corrected chi connectivity index (χ4v) is 3.97. The molecule has 0 aliphatic heterocycles. The Bertz CT molecular complexity index is 1480. The molecule has 5 rings (SSSR count). The van der Waals surface area contributed by atoms with Gasteiger partial charge in [0.25, 0.3) is 0 Å². The number of hydrogen-bond acceptors (Lipinski definition) is 6. The average molecular weight is 460 g/mol. The molecule has 0 aliphatic carbocycles. The van der Waals surface area contributed by atoms with Crippen LogP contribution in [-0.2, 0) is 0 Å². The second kappa shape index (κ2) is 10.1. The van der Waals surface area contributed by atoms with Crippen LogP contribution in [0.2, 0.25) is 0 Å². The van der Waals surface area contributed by atoms with E-state index in [-0.39, 0.29) is 0 Å². The van der Waals surface area contributed by atoms with E-state index >= 15 is 0 Å². The highest BCUT2D eigenvalue weighted by Crippen LogP contribution is 2.34. The lowest BCUT2D eigenvalue weighted by Crippen LogP contribution is -1.77. The van der Waals surface area contributed by atoms with Crippen molar-refractivity contribution in [2.75, 3.05) is 0 Å². The minimum Gasteiger partial charge on any atom is -0.255 e. The van der Waals surface area contributed by atoms with Crippen LogP contribution < -0.4 is 0 Å². The van der Waals surface area contributed by atoms with Gasteiger partial charge in [0.1, 0.15) is 0 Å². The molecule has 5 nitrogen and oxygen atoms in total. The normalized spacial score (nSPS) is 11.9. The van der Waals surface area contributed by atoms with Gasteiger partial charge in [0, 0.05) is 21.9 Å². The van der Waals surface area contributed by atoms with E-state index in [1.807, 2.05) is 110 Å². The molecule has 0 fully saturated rings. The van der Waals surface area contributed by atoms with Crippen LogP contribution in [0.15, 0.2) is 128 Å². The summed E-state index contributed by atoms with van der Waals surface area (Å²) in [6.07, 6.45) is 1.89. The summed E-state index contributed by atoms with van der Waals surface area (Å²) in [6.45, 7) is 2.05. The van der Waals surface area contributed by atoms with Gasteiger partial charge in [0.2, 0.25) is 0 Å². The van der Waals surface area contributed by atoms with E-state index in [1.165, 1.54) is 5.56 Å². The molecule has 0 aliphatic rings. The van der Waals surface area contributed by atoms with Crippen molar-refractivity contribution >= 4 is 56.8 Å². The third-order valence-corrected chi connectivity index (χ3v) is 6.00. The maximum absolute atomic E-state index is 4.68. The summed E-state index contributed by atoms with van der Waals surface area (Å²) in [5.74, 6) is 0. The van der Waals surface area contributed by atoms with Crippen LogP contribution in [-0.4, -0.2) is 6.21 Å². The minimum absolute atomic E-state index is 0.748. The standard InChI is InChI=1S/C28H21N5S/c1-20-8-10-21(11-9-20)30-31-22-12-14-23(15-13-22)32-33-28-17-16-27(25-6-2-3-7-26(25)28)29-19-24-5-4-18-34-24/h2-19H,1H3. The average Bonchev–Trinajstić information content (AvgIpc) is 3.40. The molecular weight excluding hydrogens is 438 g/mol. The first-order valence-electron chi connectivity index (χ1n) is 10.8. The number of aliphatic imine (C=N–C) groups is 1. The Labute approximate surface area is 201 Å². The predicted molar refractivity (Wildman–Crippen MR) is 141 cm³/mol. The number of benzene rings is 4. The Morgan fingerprint density at radius 2 is 1.12 bits per heavy atom. The molecule has 0 atom stereocenters. The second-order valence-electron chi connectivity index (χ2n) is 7.67. The summed E-state index contributed by atoms with van der Waals surface area (Å²) in [4.78, 5) is 5.80. The Morgan fingerprint density at radius 3 is 1.74 bits per heavy atom. The molecule has 0 saturated carbocycles. The van der Waals surface area contributed by atoms with Crippen LogP contribution >= 0.6 is 11.3 Å². The van der Waals surface area contributed by atoms with Gasteiger partial charge in [-0.2, -0.15) is 15.3 Å². The molecule has 34 heavy (non-hydrogen) atoms. The first-order valence-corrected chi connectivity index (χ1v) is 11.7. The Morgan fingerprint density at radius 1 is 0.559 bits per heavy atom. The topological polar surface area (TPSA) is 61.8 Å². The van der Waals surface area contributed by atoms with Crippen molar-refractivity contribution in [1.29, 1.82) is 0 Å². The fraction of sp³-hybridized carbons (Fsp3) is 0.0357. The molecule has 0 N–H and O–H groups in total. The number of azo groups is 2. The first-order chi connectivity index (χ1) is 16.7. The Hall–Kier alpha value is -4.29. The van der Waals surface area contributed by atoms with Crippen molar-refractivity contribution in [1.82, 2.24) is 0 Å². The molecule has 6 heteroatoms. The molecule has 4 aromatic carbocycles. The van der Waals surface area contributed by atoms with E-state index in [1.54, 1.807) is 11.3 Å². The first kappa shape index (κ1) is 21.6. The van der Waals surface area contributed by atoms with Gasteiger partial charge in [-0.25, -0.2) is 0 Å². The highest BCUT2D eigenvalue weighted by Gasteiger charge is 2.05. The van der Waals surface area contributed by atoms with Crippen LogP contribution in [0, 0.1) is 6.92 Å². The SMILES string of the molecule is Cc1ccc(N=Nc2ccc(N=Nc3ccc(N=Cc4cccs4)c4ccccc34)cc2)cc1. The number of fused-ring (bicyclic) bond motifs is 1. The zero-order valence-electron chi connectivity index (χ0n) is 18.5. The van der Waals surface area contributed by atoms with Gasteiger partial charge in [-0.1, -0.05) is 48.0 Å². The zero-order chi connectivity index (χ0) is 23.2. The van der Waals surface area contributed by atoms with E-state index in [9.17, 15) is 0 Å². The van der Waals surface area contributed by atoms with Gasteiger partial charge in [-0.3, -0.25) is 4.99 Å². The van der Waals surface area contributed by atoms with Crippen molar-refractivity contribution < 1.29 is 0 Å². The molecule has 0 unspecified atom stereocenters. The van der Waals surface area contributed by atoms with Gasteiger partial charge < -0.3 is 0 Å². The van der Waals surface area contributed by atoms with Crippen molar-refractivity contribution in [3.8, 4) is 0 Å². The summed E-state index contributed by atoms with van der Waals surface area (Å²) >= 11 is 1.66. The van der Waals surface area contributed by atoms with Crippen molar-refractivity contribution in [3.63, 3.8) is 0 Å². The zero-order valence-corrected chi connectivity index (χ0v) is 19.4. The number of rotatable bonds is 6. The van der Waals surface area contributed by atoms with Gasteiger partial charge in [-0.15, -0.1) is 16.5 Å². The van der Waals surface area contributed by atoms with Crippen LogP contribution in [0.3, 0.4) is 0 Å². The van der Waals surface area contributed by atoms with Crippen LogP contribution in [0.1, 0.15) is 10.4 Å². The minimum atomic E-state index is 0.748. The summed E-state index contributed by atoms with van der Waals surface area (Å²) in [5, 5.41) is 21.6. The lowest BCUT2D eigenvalue weighted by atomic mass is 10.1. The van der Waals surface area contributed by atoms with Crippen molar-refractivity contribution in [2.45, 2.75) is 6.92 Å². The molecule has 0 bridgehead atoms. The summed E-state index contributed by atoms with van der Waals surface area (Å²) in [5.41, 5.74) is 5.24. The van der Waals surface area contributed by atoms with Crippen LogP contribution in [0.5, 0.6) is 0 Å². The summed E-state index contributed by atoms with van der Waals surface area (Å²) in [6, 6.07) is 31.6. The number of thiophene rings is 1. The number of hydrogen-bond donors (Lipinski definition) is 0. The van der Waals surface area contributed by atoms with E-state index in [2.05, 4.69) is 31.5 Å². The molecule has 164 valence electrons. The fourth-order valence-electron chi connectivity index (χ4n) is 3.39. The quantitative estimate of drug-likeness (QED) is 0.179. The van der Waals surface area contributed by atoms with Gasteiger partial charge in [-0.05, 0) is 66.9 Å². The molecule has 0 spiro atoms. The van der Waals surface area contributed by atoms with E-state index < -0.39 is 0 Å². The Balaban J connectivity index is 1.34. The molecule has 1 aromatic heterocycles. The Kier molecular flexibility index (Phi) is 6.40. The molecule has 0 amide bonds. The smallest absolute Gasteiger partial charge is 0.0936 e. The van der Waals surface area contributed by atoms with Crippen molar-refractivity contribution in [3.05, 3.63) is 113 Å². The van der Waals surface area contributed by atoms with Crippen molar-refractivity contribution in [2.24, 2.45) is 25.4 Å². The van der Waals surface area contributed by atoms with Gasteiger partial charge in [0.15, 0.2) is 0 Å². The molecule has 1 heterocycles. The second-order valence-corrected chi connectivity index (χ2v) is 8.65. The van der Waals surface area contributed by atoms with Crippen LogP contribution in [0.25, 0.3) is 10.8 Å². The maximum atomic E-state index is 4.68. The third-order valence-electron chi connectivity index (χ3n) is 5.19. The highest BCUT2D eigenvalue weighted by molar-refractivity contribution is 7.11. The lowest BCUT2D eigenvalue weighted by molar-refractivity contribution is 1.21. The molecule has 0 saturated heterocycles. The monoisotopic (exact) mass is 459 g/mol. The summed E-state index contributed by atoms with van der Waals surface area (Å²) in [7, 11) is 0. The predicted octanol–water partition coefficient (Wildman–Crippen LogP) is 9.79. The molecule has 5 aromatic rings. The molecule has 0 radical (unpaired) electrons.